The smallest absolute Gasteiger partial charge is 0.307 e. The molecule has 208 valence electrons. The number of benzene rings is 2. The Morgan fingerprint density at radius 2 is 1.97 bits per heavy atom. The zero-order valence-electron chi connectivity index (χ0n) is 22.6. The molecule has 4 rings (SSSR count). The molecule has 0 saturated carbocycles. The molecule has 9 nitrogen and oxygen atoms in total. The van der Waals surface area contributed by atoms with Crippen LogP contribution >= 0.6 is 0 Å². The van der Waals surface area contributed by atoms with Crippen LogP contribution in [0.3, 0.4) is 0 Å². The van der Waals surface area contributed by atoms with Crippen LogP contribution in [-0.2, 0) is 35.6 Å². The number of carboxylic acids is 1. The highest BCUT2D eigenvalue weighted by Crippen LogP contribution is 2.26. The molecule has 9 heteroatoms. The maximum atomic E-state index is 12.9. The molecule has 0 fully saturated rings. The number of rotatable bonds is 9. The number of aromatic nitrogens is 2. The first-order valence-electron chi connectivity index (χ1n) is 13.7. The van der Waals surface area contributed by atoms with Gasteiger partial charge in [-0.3, -0.25) is 14.5 Å². The summed E-state index contributed by atoms with van der Waals surface area (Å²) in [5, 5.41) is 12.4. The number of carboxylic acid groups (broad SMARTS) is 1. The van der Waals surface area contributed by atoms with Crippen molar-refractivity contribution in [3.63, 3.8) is 0 Å². The Hall–Kier alpha value is -3.85. The van der Waals surface area contributed by atoms with E-state index in [0.29, 0.717) is 45.0 Å². The lowest BCUT2D eigenvalue weighted by Gasteiger charge is -2.24. The molecule has 0 atom stereocenters. The van der Waals surface area contributed by atoms with Crippen LogP contribution in [0.1, 0.15) is 54.9 Å². The number of nitrogens with zero attached hydrogens (tertiary/aromatic N) is 3. The molecule has 3 aromatic rings. The van der Waals surface area contributed by atoms with Crippen molar-refractivity contribution in [2.75, 3.05) is 26.3 Å². The zero-order valence-corrected chi connectivity index (χ0v) is 22.6. The van der Waals surface area contributed by atoms with Crippen LogP contribution in [0.5, 0.6) is 11.5 Å². The fraction of sp³-hybridized carbons (Fsp3) is 0.433. The summed E-state index contributed by atoms with van der Waals surface area (Å²) in [6.07, 6.45) is 9.06. The van der Waals surface area contributed by atoms with Gasteiger partial charge in [0.2, 0.25) is 5.91 Å². The number of carbonyl (C=O) groups excluding carboxylic acids is 1. The third-order valence-electron chi connectivity index (χ3n) is 6.55. The van der Waals surface area contributed by atoms with Crippen LogP contribution in [0.25, 0.3) is 0 Å². The molecule has 39 heavy (non-hydrogen) atoms. The fourth-order valence-electron chi connectivity index (χ4n) is 4.71. The van der Waals surface area contributed by atoms with E-state index in [1.165, 1.54) is 0 Å². The molecule has 1 aliphatic heterocycles. The molecule has 0 bridgehead atoms. The maximum absolute atomic E-state index is 12.9. The summed E-state index contributed by atoms with van der Waals surface area (Å²) < 4.78 is 14.1. The Labute approximate surface area is 229 Å². The molecular weight excluding hydrogens is 496 g/mol. The average Bonchev–Trinajstić information content (AvgIpc) is 3.41. The summed E-state index contributed by atoms with van der Waals surface area (Å²) in [7, 11) is 0. The standard InChI is InChI=1S/C30H38N4O5/c1-2-13-38-27-9-7-24(16-26(27)19-33-12-11-31-22-33)18-34-20-25-15-23(17-30(36)37)6-8-28(25)39-14-5-3-4-10-32-29(35)21-34/h6-9,11-12,15-16,22H,2-5,10,13-14,17-21H2,1H3,(H,32,35)(H,36,37). The third-order valence-corrected chi connectivity index (χ3v) is 6.55. The highest BCUT2D eigenvalue weighted by Gasteiger charge is 2.18. The van der Waals surface area contributed by atoms with E-state index in [9.17, 15) is 14.7 Å². The lowest BCUT2D eigenvalue weighted by Crippen LogP contribution is -2.37. The minimum Gasteiger partial charge on any atom is -0.493 e. The van der Waals surface area contributed by atoms with Gasteiger partial charge in [-0.1, -0.05) is 25.1 Å². The first-order chi connectivity index (χ1) is 19.0. The predicted molar refractivity (Wildman–Crippen MR) is 148 cm³/mol. The van der Waals surface area contributed by atoms with Gasteiger partial charge in [0, 0.05) is 43.2 Å². The Morgan fingerprint density at radius 3 is 2.77 bits per heavy atom. The Bertz CT molecular complexity index is 1230. The molecule has 0 radical (unpaired) electrons. The van der Waals surface area contributed by atoms with Gasteiger partial charge in [0.25, 0.3) is 0 Å². The predicted octanol–water partition coefficient (Wildman–Crippen LogP) is 4.03. The van der Waals surface area contributed by atoms with E-state index in [-0.39, 0.29) is 18.9 Å². The van der Waals surface area contributed by atoms with E-state index in [1.54, 1.807) is 18.6 Å². The molecule has 0 aliphatic carbocycles. The van der Waals surface area contributed by atoms with E-state index in [1.807, 2.05) is 35.0 Å². The minimum absolute atomic E-state index is 0.0278. The number of aliphatic carboxylic acids is 1. The number of carbonyl (C=O) groups is 2. The molecule has 1 aromatic heterocycles. The van der Waals surface area contributed by atoms with Gasteiger partial charge in [-0.05, 0) is 55.0 Å². The van der Waals surface area contributed by atoms with Crippen molar-refractivity contribution < 1.29 is 24.2 Å². The van der Waals surface area contributed by atoms with Crippen molar-refractivity contribution in [2.45, 2.75) is 58.7 Å². The van der Waals surface area contributed by atoms with E-state index >= 15 is 0 Å². The third kappa shape index (κ3) is 8.85. The fourth-order valence-corrected chi connectivity index (χ4v) is 4.71. The molecule has 0 saturated heterocycles. The van der Waals surface area contributed by atoms with Crippen molar-refractivity contribution in [3.05, 3.63) is 77.4 Å². The number of ether oxygens (including phenoxy) is 2. The number of imidazole rings is 1. The monoisotopic (exact) mass is 534 g/mol. The quantitative estimate of drug-likeness (QED) is 0.427. The van der Waals surface area contributed by atoms with Crippen molar-refractivity contribution in [3.8, 4) is 11.5 Å². The summed E-state index contributed by atoms with van der Waals surface area (Å²) in [4.78, 5) is 30.5. The van der Waals surface area contributed by atoms with E-state index in [0.717, 1.165) is 53.9 Å². The summed E-state index contributed by atoms with van der Waals surface area (Å²) in [5.41, 5.74) is 3.68. The summed E-state index contributed by atoms with van der Waals surface area (Å²) in [6.45, 7) is 5.75. The zero-order chi connectivity index (χ0) is 27.5. The van der Waals surface area contributed by atoms with Crippen LogP contribution in [0.15, 0.2) is 55.1 Å². The van der Waals surface area contributed by atoms with Crippen LogP contribution in [0, 0.1) is 0 Å². The van der Waals surface area contributed by atoms with E-state index in [4.69, 9.17) is 9.47 Å². The van der Waals surface area contributed by atoms with Gasteiger partial charge < -0.3 is 24.5 Å². The highest BCUT2D eigenvalue weighted by molar-refractivity contribution is 5.78. The van der Waals surface area contributed by atoms with Crippen molar-refractivity contribution in [1.82, 2.24) is 19.8 Å². The molecule has 2 N–H and O–H groups in total. The van der Waals surface area contributed by atoms with Crippen LogP contribution in [0.2, 0.25) is 0 Å². The summed E-state index contributed by atoms with van der Waals surface area (Å²) in [6, 6.07) is 11.7. The van der Waals surface area contributed by atoms with Crippen LogP contribution in [-0.4, -0.2) is 57.7 Å². The largest absolute Gasteiger partial charge is 0.493 e. The SMILES string of the molecule is CCCOc1ccc(CN2CC(=O)NCCCCCOc3ccc(CC(=O)O)cc3C2)cc1Cn1ccnc1. The molecular formula is C30H38N4O5. The molecule has 2 heterocycles. The number of hydrogen-bond acceptors (Lipinski definition) is 6. The second-order valence-electron chi connectivity index (χ2n) is 9.94. The second-order valence-corrected chi connectivity index (χ2v) is 9.94. The summed E-state index contributed by atoms with van der Waals surface area (Å²) >= 11 is 0. The van der Waals surface area contributed by atoms with Gasteiger partial charge in [0.05, 0.1) is 39.1 Å². The first kappa shape index (κ1) is 28.2. The lowest BCUT2D eigenvalue weighted by molar-refractivity contribution is -0.136. The molecule has 0 unspecified atom stereocenters. The lowest BCUT2D eigenvalue weighted by atomic mass is 10.1. The maximum Gasteiger partial charge on any atom is 0.307 e. The highest BCUT2D eigenvalue weighted by atomic mass is 16.5. The van der Waals surface area contributed by atoms with Crippen LogP contribution in [0.4, 0.5) is 0 Å². The molecule has 0 spiro atoms. The van der Waals surface area contributed by atoms with Crippen molar-refractivity contribution in [2.24, 2.45) is 0 Å². The second kappa shape index (κ2) is 14.3. The van der Waals surface area contributed by atoms with Crippen molar-refractivity contribution >= 4 is 11.9 Å². The van der Waals surface area contributed by atoms with Gasteiger partial charge >= 0.3 is 5.97 Å². The minimum atomic E-state index is -0.882. The number of amides is 1. The molecule has 2 aromatic carbocycles. The molecule has 1 amide bonds. The number of nitrogens with one attached hydrogen (secondary N) is 1. The Kier molecular flexibility index (Phi) is 10.4. The van der Waals surface area contributed by atoms with Gasteiger partial charge in [-0.2, -0.15) is 0 Å². The average molecular weight is 535 g/mol. The Morgan fingerprint density at radius 1 is 1.10 bits per heavy atom. The van der Waals surface area contributed by atoms with Gasteiger partial charge in [-0.15, -0.1) is 0 Å². The van der Waals surface area contributed by atoms with E-state index < -0.39 is 5.97 Å². The molecule has 1 aliphatic rings. The summed E-state index contributed by atoms with van der Waals surface area (Å²) in [5.74, 6) is 0.666. The van der Waals surface area contributed by atoms with Crippen LogP contribution < -0.4 is 14.8 Å². The number of fused-ring (bicyclic) bond motifs is 1. The van der Waals surface area contributed by atoms with Crippen molar-refractivity contribution in [1.29, 1.82) is 0 Å². The number of hydrogen-bond donors (Lipinski definition) is 2. The topological polar surface area (TPSA) is 106 Å². The Balaban J connectivity index is 1.62. The first-order valence-corrected chi connectivity index (χ1v) is 13.7. The van der Waals surface area contributed by atoms with Gasteiger partial charge in [0.15, 0.2) is 0 Å². The van der Waals surface area contributed by atoms with Gasteiger partial charge in [-0.25, -0.2) is 4.98 Å². The normalized spacial score (nSPS) is 15.2. The van der Waals surface area contributed by atoms with E-state index in [2.05, 4.69) is 28.2 Å². The van der Waals surface area contributed by atoms with Gasteiger partial charge in [0.1, 0.15) is 11.5 Å².